The number of amides is 1. The molecule has 0 unspecified atom stereocenters. The molecule has 0 fully saturated rings. The summed E-state index contributed by atoms with van der Waals surface area (Å²) in [5, 5.41) is 4.70. The second-order valence-electron chi connectivity index (χ2n) is 5.07. The molecule has 6 heteroatoms. The van der Waals surface area contributed by atoms with E-state index >= 15 is 0 Å². The molecule has 2 rings (SSSR count). The number of thiophene rings is 1. The van der Waals surface area contributed by atoms with Crippen LogP contribution in [0.3, 0.4) is 0 Å². The molecule has 0 radical (unpaired) electrons. The number of benzene rings is 1. The van der Waals surface area contributed by atoms with Crippen molar-refractivity contribution in [1.82, 2.24) is 0 Å². The van der Waals surface area contributed by atoms with Gasteiger partial charge in [-0.25, -0.2) is 0 Å². The van der Waals surface area contributed by atoms with Crippen molar-refractivity contribution in [3.8, 4) is 5.75 Å². The Hall–Kier alpha value is -2.34. The van der Waals surface area contributed by atoms with E-state index in [9.17, 15) is 9.59 Å². The van der Waals surface area contributed by atoms with Crippen LogP contribution in [0.1, 0.15) is 24.6 Å². The molecule has 0 aliphatic carbocycles. The number of nitrogens with one attached hydrogen (secondary N) is 1. The molecule has 1 heterocycles. The van der Waals surface area contributed by atoms with Gasteiger partial charge in [-0.2, -0.15) is 0 Å². The van der Waals surface area contributed by atoms with Gasteiger partial charge in [0, 0.05) is 11.3 Å². The second-order valence-corrected chi connectivity index (χ2v) is 6.10. The van der Waals surface area contributed by atoms with Gasteiger partial charge in [0.15, 0.2) is 6.61 Å². The summed E-state index contributed by atoms with van der Waals surface area (Å²) in [4.78, 5) is 24.8. The topological polar surface area (TPSA) is 64.6 Å². The predicted octanol–water partition coefficient (Wildman–Crippen LogP) is 3.65. The van der Waals surface area contributed by atoms with Crippen LogP contribution in [0.25, 0.3) is 0 Å². The van der Waals surface area contributed by atoms with Crippen LogP contribution in [0.2, 0.25) is 0 Å². The van der Waals surface area contributed by atoms with Crippen molar-refractivity contribution in [3.05, 3.63) is 46.7 Å². The summed E-state index contributed by atoms with van der Waals surface area (Å²) >= 11 is 1.67. The molecule has 5 nitrogen and oxygen atoms in total. The van der Waals surface area contributed by atoms with Crippen LogP contribution in [-0.2, 0) is 20.7 Å². The molecule has 1 aromatic carbocycles. The van der Waals surface area contributed by atoms with Crippen LogP contribution in [0, 0.1) is 0 Å². The lowest BCUT2D eigenvalue weighted by Gasteiger charge is -2.11. The van der Waals surface area contributed by atoms with E-state index in [0.717, 1.165) is 6.42 Å². The molecular weight excluding hydrogens is 326 g/mol. The molecule has 24 heavy (non-hydrogen) atoms. The molecule has 1 aromatic heterocycles. The maximum atomic E-state index is 11.9. The van der Waals surface area contributed by atoms with Crippen molar-refractivity contribution in [2.24, 2.45) is 0 Å². The van der Waals surface area contributed by atoms with Gasteiger partial charge in [0.25, 0.3) is 5.91 Å². The highest BCUT2D eigenvalue weighted by Gasteiger charge is 2.10. The SMILES string of the molecule is CCOc1ccccc1NC(=O)COC(=O)CCCc1cccs1. The minimum absolute atomic E-state index is 0.293. The van der Waals surface area contributed by atoms with Gasteiger partial charge in [-0.05, 0) is 43.3 Å². The first kappa shape index (κ1) is 18.0. The molecule has 0 atom stereocenters. The number of ether oxygens (including phenoxy) is 2. The highest BCUT2D eigenvalue weighted by molar-refractivity contribution is 7.09. The first-order valence-corrected chi connectivity index (χ1v) is 8.76. The van der Waals surface area contributed by atoms with Crippen LogP contribution in [0.15, 0.2) is 41.8 Å². The number of aryl methyl sites for hydroxylation is 1. The number of hydrogen-bond acceptors (Lipinski definition) is 5. The molecule has 0 saturated carbocycles. The molecule has 1 amide bonds. The third-order valence-electron chi connectivity index (χ3n) is 3.21. The summed E-state index contributed by atoms with van der Waals surface area (Å²) in [6.07, 6.45) is 1.87. The predicted molar refractivity (Wildman–Crippen MR) is 94.5 cm³/mol. The van der Waals surface area contributed by atoms with E-state index in [-0.39, 0.29) is 18.5 Å². The highest BCUT2D eigenvalue weighted by atomic mass is 32.1. The lowest BCUT2D eigenvalue weighted by Crippen LogP contribution is -2.21. The van der Waals surface area contributed by atoms with E-state index < -0.39 is 0 Å². The van der Waals surface area contributed by atoms with Gasteiger partial charge in [0.05, 0.1) is 12.3 Å². The van der Waals surface area contributed by atoms with E-state index in [4.69, 9.17) is 9.47 Å². The molecule has 0 bridgehead atoms. The molecule has 0 saturated heterocycles. The number of carbonyl (C=O) groups is 2. The second kappa shape index (κ2) is 9.72. The van der Waals surface area contributed by atoms with E-state index in [0.29, 0.717) is 30.9 Å². The fourth-order valence-corrected chi connectivity index (χ4v) is 2.87. The summed E-state index contributed by atoms with van der Waals surface area (Å²) in [5.41, 5.74) is 0.568. The van der Waals surface area contributed by atoms with Crippen molar-refractivity contribution in [3.63, 3.8) is 0 Å². The van der Waals surface area contributed by atoms with E-state index in [1.54, 1.807) is 29.5 Å². The minimum Gasteiger partial charge on any atom is -0.492 e. The smallest absolute Gasteiger partial charge is 0.306 e. The Morgan fingerprint density at radius 3 is 2.75 bits per heavy atom. The van der Waals surface area contributed by atoms with Crippen molar-refractivity contribution >= 4 is 28.9 Å². The van der Waals surface area contributed by atoms with E-state index in [2.05, 4.69) is 5.32 Å². The standard InChI is InChI=1S/C18H21NO4S/c1-2-22-16-10-4-3-9-15(16)19-17(20)13-23-18(21)11-5-7-14-8-6-12-24-14/h3-4,6,8-10,12H,2,5,7,11,13H2,1H3,(H,19,20). The number of rotatable bonds is 9. The molecule has 0 spiro atoms. The maximum absolute atomic E-state index is 11.9. The summed E-state index contributed by atoms with van der Waals surface area (Å²) in [6.45, 7) is 2.08. The van der Waals surface area contributed by atoms with Crippen molar-refractivity contribution in [1.29, 1.82) is 0 Å². The number of esters is 1. The highest BCUT2D eigenvalue weighted by Crippen LogP contribution is 2.23. The molecular formula is C18H21NO4S. The first-order chi connectivity index (χ1) is 11.7. The first-order valence-electron chi connectivity index (χ1n) is 7.88. The number of para-hydroxylation sites is 2. The fourth-order valence-electron chi connectivity index (χ4n) is 2.12. The fraction of sp³-hybridized carbons (Fsp3) is 0.333. The Balaban J connectivity index is 1.69. The zero-order chi connectivity index (χ0) is 17.2. The average Bonchev–Trinajstić information content (AvgIpc) is 3.08. The van der Waals surface area contributed by atoms with Gasteiger partial charge in [0.1, 0.15) is 5.75 Å². The summed E-state index contributed by atoms with van der Waals surface area (Å²) < 4.78 is 10.4. The Labute approximate surface area is 145 Å². The van der Waals surface area contributed by atoms with E-state index in [1.807, 2.05) is 30.5 Å². The molecule has 0 aliphatic heterocycles. The van der Waals surface area contributed by atoms with Crippen molar-refractivity contribution in [2.45, 2.75) is 26.2 Å². The van der Waals surface area contributed by atoms with Crippen LogP contribution < -0.4 is 10.1 Å². The third-order valence-corrected chi connectivity index (χ3v) is 4.15. The monoisotopic (exact) mass is 347 g/mol. The van der Waals surface area contributed by atoms with Gasteiger partial charge >= 0.3 is 5.97 Å². The lowest BCUT2D eigenvalue weighted by atomic mass is 10.2. The van der Waals surface area contributed by atoms with Crippen LogP contribution in [0.4, 0.5) is 5.69 Å². The largest absolute Gasteiger partial charge is 0.492 e. The zero-order valence-corrected chi connectivity index (χ0v) is 14.4. The van der Waals surface area contributed by atoms with Crippen molar-refractivity contribution < 1.29 is 19.1 Å². The normalized spacial score (nSPS) is 10.2. The van der Waals surface area contributed by atoms with Gasteiger partial charge < -0.3 is 14.8 Å². The number of carbonyl (C=O) groups excluding carboxylic acids is 2. The summed E-state index contributed by atoms with van der Waals surface area (Å²) in [7, 11) is 0. The van der Waals surface area contributed by atoms with Crippen molar-refractivity contribution in [2.75, 3.05) is 18.5 Å². The van der Waals surface area contributed by atoms with Crippen LogP contribution in [-0.4, -0.2) is 25.1 Å². The third kappa shape index (κ3) is 6.04. The van der Waals surface area contributed by atoms with Gasteiger partial charge in [-0.15, -0.1) is 11.3 Å². The minimum atomic E-state index is -0.381. The van der Waals surface area contributed by atoms with Gasteiger partial charge in [-0.1, -0.05) is 18.2 Å². The quantitative estimate of drug-likeness (QED) is 0.703. The zero-order valence-electron chi connectivity index (χ0n) is 13.6. The number of anilines is 1. The van der Waals surface area contributed by atoms with E-state index in [1.165, 1.54) is 4.88 Å². The Morgan fingerprint density at radius 2 is 2.00 bits per heavy atom. The summed E-state index contributed by atoms with van der Waals surface area (Å²) in [6, 6.07) is 11.2. The average molecular weight is 347 g/mol. The van der Waals surface area contributed by atoms with Gasteiger partial charge in [-0.3, -0.25) is 9.59 Å². The Kier molecular flexibility index (Phi) is 7.29. The molecule has 0 aliphatic rings. The summed E-state index contributed by atoms with van der Waals surface area (Å²) in [5.74, 6) is -0.149. The molecule has 1 N–H and O–H groups in total. The molecule has 2 aromatic rings. The van der Waals surface area contributed by atoms with Crippen LogP contribution in [0.5, 0.6) is 5.75 Å². The van der Waals surface area contributed by atoms with Gasteiger partial charge in [0.2, 0.25) is 0 Å². The molecule has 128 valence electrons. The lowest BCUT2D eigenvalue weighted by molar-refractivity contribution is -0.147. The Bertz CT molecular complexity index is 655. The number of hydrogen-bond donors (Lipinski definition) is 1. The van der Waals surface area contributed by atoms with Crippen LogP contribution >= 0.6 is 11.3 Å². The Morgan fingerprint density at radius 1 is 1.17 bits per heavy atom. The maximum Gasteiger partial charge on any atom is 0.306 e.